The van der Waals surface area contributed by atoms with Gasteiger partial charge in [0, 0.05) is 32.7 Å². The van der Waals surface area contributed by atoms with E-state index < -0.39 is 17.8 Å². The molecule has 1 aliphatic rings. The molecule has 0 bridgehead atoms. The molecule has 2 atom stereocenters. The van der Waals surface area contributed by atoms with Crippen molar-refractivity contribution >= 4 is 11.8 Å². The van der Waals surface area contributed by atoms with E-state index in [4.69, 9.17) is 4.74 Å². The number of carbonyl (C=O) groups is 2. The summed E-state index contributed by atoms with van der Waals surface area (Å²) in [6.45, 7) is 0.811. The lowest BCUT2D eigenvalue weighted by molar-refractivity contribution is -0.141. The fourth-order valence-corrected chi connectivity index (χ4v) is 2.86. The number of benzene rings is 1. The maximum absolute atomic E-state index is 14.1. The van der Waals surface area contributed by atoms with E-state index in [-0.39, 0.29) is 11.8 Å². The Hall–Kier alpha value is -1.95. The van der Waals surface area contributed by atoms with Crippen LogP contribution in [-0.2, 0) is 14.3 Å². The minimum atomic E-state index is -0.579. The molecular formula is C16H21FN2O3. The number of likely N-dealkylation sites (tertiary alicyclic amines) is 1. The fourth-order valence-electron chi connectivity index (χ4n) is 2.86. The molecule has 2 amide bonds. The van der Waals surface area contributed by atoms with Crippen molar-refractivity contribution in [1.82, 2.24) is 10.2 Å². The molecule has 0 aromatic heterocycles. The molecular weight excluding hydrogens is 287 g/mol. The Morgan fingerprint density at radius 3 is 2.86 bits per heavy atom. The summed E-state index contributed by atoms with van der Waals surface area (Å²) in [5.74, 6) is -1.11. The lowest BCUT2D eigenvalue weighted by Crippen LogP contribution is -2.47. The first-order chi connectivity index (χ1) is 10.6. The Bertz CT molecular complexity index is 550. The third-order valence-electron chi connectivity index (χ3n) is 4.03. The number of nitrogens with one attached hydrogen (secondary N) is 1. The quantitative estimate of drug-likeness (QED) is 0.839. The van der Waals surface area contributed by atoms with Crippen LogP contribution in [0.25, 0.3) is 0 Å². The lowest BCUT2D eigenvalue weighted by Gasteiger charge is -2.38. The zero-order valence-electron chi connectivity index (χ0n) is 12.8. The smallest absolute Gasteiger partial charge is 0.225 e. The van der Waals surface area contributed by atoms with E-state index in [1.807, 2.05) is 0 Å². The molecule has 0 unspecified atom stereocenters. The van der Waals surface area contributed by atoms with Gasteiger partial charge < -0.3 is 15.0 Å². The number of carbonyl (C=O) groups excluding carboxylic acids is 2. The monoisotopic (exact) mass is 308 g/mol. The summed E-state index contributed by atoms with van der Waals surface area (Å²) in [4.78, 5) is 25.8. The van der Waals surface area contributed by atoms with Crippen LogP contribution < -0.4 is 5.32 Å². The average Bonchev–Trinajstić information content (AvgIpc) is 2.51. The Balaban J connectivity index is 2.25. The Morgan fingerprint density at radius 2 is 2.18 bits per heavy atom. The highest BCUT2D eigenvalue weighted by Crippen LogP contribution is 2.36. The summed E-state index contributed by atoms with van der Waals surface area (Å²) in [6.07, 6.45) is 0.713. The first-order valence-corrected chi connectivity index (χ1v) is 7.33. The summed E-state index contributed by atoms with van der Waals surface area (Å²) in [5, 5.41) is 2.78. The van der Waals surface area contributed by atoms with Crippen LogP contribution in [0.3, 0.4) is 0 Å². The van der Waals surface area contributed by atoms with Crippen molar-refractivity contribution in [3.63, 3.8) is 0 Å². The first-order valence-electron chi connectivity index (χ1n) is 7.33. The molecule has 0 spiro atoms. The van der Waals surface area contributed by atoms with E-state index in [1.165, 1.54) is 11.0 Å². The van der Waals surface area contributed by atoms with Gasteiger partial charge in [-0.25, -0.2) is 4.39 Å². The predicted octanol–water partition coefficient (Wildman–Crippen LogP) is 1.50. The number of halogens is 1. The summed E-state index contributed by atoms with van der Waals surface area (Å²) < 4.78 is 19.0. The predicted molar refractivity (Wildman–Crippen MR) is 79.5 cm³/mol. The van der Waals surface area contributed by atoms with Gasteiger partial charge in [-0.3, -0.25) is 9.59 Å². The van der Waals surface area contributed by atoms with Crippen LogP contribution >= 0.6 is 0 Å². The van der Waals surface area contributed by atoms with Crippen molar-refractivity contribution in [2.75, 3.05) is 27.3 Å². The molecule has 1 aliphatic heterocycles. The second kappa shape index (κ2) is 7.35. The van der Waals surface area contributed by atoms with Crippen molar-refractivity contribution in [3.8, 4) is 0 Å². The zero-order valence-corrected chi connectivity index (χ0v) is 12.8. The molecule has 120 valence electrons. The van der Waals surface area contributed by atoms with Crippen LogP contribution in [0, 0.1) is 11.7 Å². The standard InChI is InChI=1S/C16H21FN2O3/c1-19-14(20)8-7-12(16(21)18-9-10-22-2)15(19)11-5-3-4-6-13(11)17/h3-6,12,15H,7-10H2,1-2H3,(H,18,21)/t12-,15+/m1/s1. The number of amides is 2. The molecule has 22 heavy (non-hydrogen) atoms. The van der Waals surface area contributed by atoms with Crippen molar-refractivity contribution in [3.05, 3.63) is 35.6 Å². The maximum atomic E-state index is 14.1. The van der Waals surface area contributed by atoms with Gasteiger partial charge in [0.25, 0.3) is 0 Å². The van der Waals surface area contributed by atoms with Gasteiger partial charge in [-0.1, -0.05) is 18.2 Å². The third kappa shape index (κ3) is 3.44. The van der Waals surface area contributed by atoms with Crippen molar-refractivity contribution in [2.24, 2.45) is 5.92 Å². The molecule has 6 heteroatoms. The average molecular weight is 308 g/mol. The molecule has 1 N–H and O–H groups in total. The highest BCUT2D eigenvalue weighted by atomic mass is 19.1. The lowest BCUT2D eigenvalue weighted by atomic mass is 9.83. The van der Waals surface area contributed by atoms with Gasteiger partial charge in [-0.15, -0.1) is 0 Å². The second-order valence-corrected chi connectivity index (χ2v) is 5.40. The number of hydrogen-bond acceptors (Lipinski definition) is 3. The van der Waals surface area contributed by atoms with E-state index in [1.54, 1.807) is 32.4 Å². The number of piperidine rings is 1. The van der Waals surface area contributed by atoms with Gasteiger partial charge in [-0.2, -0.15) is 0 Å². The summed E-state index contributed by atoms with van der Waals surface area (Å²) >= 11 is 0. The molecule has 1 saturated heterocycles. The fraction of sp³-hybridized carbons (Fsp3) is 0.500. The van der Waals surface area contributed by atoms with Crippen molar-refractivity contribution < 1.29 is 18.7 Å². The Labute approximate surface area is 129 Å². The molecule has 0 radical (unpaired) electrons. The molecule has 1 aromatic carbocycles. The number of methoxy groups -OCH3 is 1. The molecule has 1 aromatic rings. The topological polar surface area (TPSA) is 58.6 Å². The number of ether oxygens (including phenoxy) is 1. The molecule has 1 heterocycles. The number of hydrogen-bond donors (Lipinski definition) is 1. The van der Waals surface area contributed by atoms with Crippen LogP contribution in [0.5, 0.6) is 0 Å². The van der Waals surface area contributed by atoms with Gasteiger partial charge in [0.1, 0.15) is 5.82 Å². The van der Waals surface area contributed by atoms with Gasteiger partial charge in [0.05, 0.1) is 18.6 Å². The SMILES string of the molecule is COCCNC(=O)[C@@H]1CCC(=O)N(C)[C@H]1c1ccccc1F. The van der Waals surface area contributed by atoms with Gasteiger partial charge in [-0.05, 0) is 12.5 Å². The van der Waals surface area contributed by atoms with Crippen LogP contribution in [0.15, 0.2) is 24.3 Å². The van der Waals surface area contributed by atoms with Crippen LogP contribution in [-0.4, -0.2) is 44.0 Å². The molecule has 1 fully saturated rings. The van der Waals surface area contributed by atoms with Crippen LogP contribution in [0.1, 0.15) is 24.4 Å². The van der Waals surface area contributed by atoms with Crippen molar-refractivity contribution in [1.29, 1.82) is 0 Å². The molecule has 2 rings (SSSR count). The zero-order chi connectivity index (χ0) is 16.1. The van der Waals surface area contributed by atoms with Gasteiger partial charge >= 0.3 is 0 Å². The maximum Gasteiger partial charge on any atom is 0.225 e. The minimum Gasteiger partial charge on any atom is -0.383 e. The number of rotatable bonds is 5. The third-order valence-corrected chi connectivity index (χ3v) is 4.03. The van der Waals surface area contributed by atoms with E-state index in [0.29, 0.717) is 31.6 Å². The summed E-state index contributed by atoms with van der Waals surface area (Å²) in [7, 11) is 3.18. The normalized spacial score (nSPS) is 21.8. The largest absolute Gasteiger partial charge is 0.383 e. The van der Waals surface area contributed by atoms with Crippen molar-refractivity contribution in [2.45, 2.75) is 18.9 Å². The minimum absolute atomic E-state index is 0.0748. The summed E-state index contributed by atoms with van der Waals surface area (Å²) in [5.41, 5.74) is 0.380. The first kappa shape index (κ1) is 16.4. The van der Waals surface area contributed by atoms with Gasteiger partial charge in [0.2, 0.25) is 11.8 Å². The molecule has 5 nitrogen and oxygen atoms in total. The second-order valence-electron chi connectivity index (χ2n) is 5.40. The van der Waals surface area contributed by atoms with Crippen LogP contribution in [0.2, 0.25) is 0 Å². The highest BCUT2D eigenvalue weighted by Gasteiger charge is 2.39. The highest BCUT2D eigenvalue weighted by molar-refractivity contribution is 5.84. The van der Waals surface area contributed by atoms with Gasteiger partial charge in [0.15, 0.2) is 0 Å². The van der Waals surface area contributed by atoms with Crippen LogP contribution in [0.4, 0.5) is 4.39 Å². The Kier molecular flexibility index (Phi) is 5.49. The van der Waals surface area contributed by atoms with E-state index in [0.717, 1.165) is 0 Å². The molecule has 0 aliphatic carbocycles. The van der Waals surface area contributed by atoms with E-state index >= 15 is 0 Å². The molecule has 0 saturated carbocycles. The Morgan fingerprint density at radius 1 is 1.45 bits per heavy atom. The van der Waals surface area contributed by atoms with E-state index in [9.17, 15) is 14.0 Å². The summed E-state index contributed by atoms with van der Waals surface area (Å²) in [6, 6.07) is 5.71. The van der Waals surface area contributed by atoms with E-state index in [2.05, 4.69) is 5.32 Å². The number of nitrogens with zero attached hydrogens (tertiary/aromatic N) is 1.